The van der Waals surface area contributed by atoms with Gasteiger partial charge in [0.1, 0.15) is 12.1 Å². The Morgan fingerprint density at radius 2 is 1.94 bits per heavy atom. The van der Waals surface area contributed by atoms with Crippen molar-refractivity contribution in [1.29, 1.82) is 0 Å². The molecular weight excluding hydrogens is 410 g/mol. The first-order valence-electron chi connectivity index (χ1n) is 10.1. The third-order valence-corrected chi connectivity index (χ3v) is 4.66. The lowest BCUT2D eigenvalue weighted by Crippen LogP contribution is -2.32. The number of tetrazole rings is 1. The van der Waals surface area contributed by atoms with E-state index in [1.165, 1.54) is 21.8 Å². The highest BCUT2D eigenvalue weighted by atomic mass is 16.5. The van der Waals surface area contributed by atoms with Crippen molar-refractivity contribution in [2.75, 3.05) is 13.2 Å². The van der Waals surface area contributed by atoms with Crippen LogP contribution in [0.3, 0.4) is 0 Å². The Bertz CT molecular complexity index is 1250. The molecule has 2 aromatic heterocycles. The average molecular weight is 431 g/mol. The molecule has 0 atom stereocenters. The molecule has 2 heterocycles. The fourth-order valence-electron chi connectivity index (χ4n) is 3.10. The molecule has 0 aliphatic carbocycles. The molecule has 162 valence electrons. The average Bonchev–Trinajstić information content (AvgIpc) is 3.36. The first-order chi connectivity index (χ1) is 15.6. The van der Waals surface area contributed by atoms with Crippen LogP contribution in [-0.2, 0) is 6.54 Å². The topological polar surface area (TPSA) is 117 Å². The van der Waals surface area contributed by atoms with Crippen molar-refractivity contribution in [2.45, 2.75) is 13.5 Å². The zero-order chi connectivity index (χ0) is 22.3. The molecule has 0 aliphatic heterocycles. The second-order valence-electron chi connectivity index (χ2n) is 6.80. The van der Waals surface area contributed by atoms with Gasteiger partial charge in [0.15, 0.2) is 0 Å². The number of hydrogen-bond acceptors (Lipinski definition) is 7. The summed E-state index contributed by atoms with van der Waals surface area (Å²) in [6.45, 7) is 3.00. The van der Waals surface area contributed by atoms with Gasteiger partial charge in [-0.3, -0.25) is 9.59 Å². The van der Waals surface area contributed by atoms with Crippen molar-refractivity contribution in [1.82, 2.24) is 35.3 Å². The maximum Gasteiger partial charge on any atom is 0.266 e. The minimum atomic E-state index is -0.268. The van der Waals surface area contributed by atoms with Crippen LogP contribution in [0.1, 0.15) is 17.3 Å². The minimum absolute atomic E-state index is 0.238. The van der Waals surface area contributed by atoms with Crippen LogP contribution >= 0.6 is 0 Å². The molecular formula is C22H21N7O3. The third-order valence-electron chi connectivity index (χ3n) is 4.66. The van der Waals surface area contributed by atoms with E-state index < -0.39 is 0 Å². The van der Waals surface area contributed by atoms with Crippen molar-refractivity contribution in [3.63, 3.8) is 0 Å². The quantitative estimate of drug-likeness (QED) is 0.451. The first kappa shape index (κ1) is 20.9. The van der Waals surface area contributed by atoms with E-state index in [0.29, 0.717) is 23.6 Å². The SMILES string of the molecule is CCOc1ccc(-c2ccc(=O)n(CCNC(=O)c3cccc(-n4cnnn4)c3)n2)cc1. The van der Waals surface area contributed by atoms with Gasteiger partial charge in [0.05, 0.1) is 24.5 Å². The molecule has 32 heavy (non-hydrogen) atoms. The highest BCUT2D eigenvalue weighted by Crippen LogP contribution is 2.19. The van der Waals surface area contributed by atoms with Crippen LogP contribution in [0, 0.1) is 0 Å². The summed E-state index contributed by atoms with van der Waals surface area (Å²) in [5, 5.41) is 18.2. The Labute approximate surface area is 183 Å². The Balaban J connectivity index is 1.41. The van der Waals surface area contributed by atoms with Gasteiger partial charge >= 0.3 is 0 Å². The smallest absolute Gasteiger partial charge is 0.266 e. The van der Waals surface area contributed by atoms with Crippen LogP contribution < -0.4 is 15.6 Å². The van der Waals surface area contributed by atoms with Gasteiger partial charge in [0.2, 0.25) is 0 Å². The molecule has 10 nitrogen and oxygen atoms in total. The van der Waals surface area contributed by atoms with E-state index in [1.54, 1.807) is 30.3 Å². The normalized spacial score (nSPS) is 10.7. The summed E-state index contributed by atoms with van der Waals surface area (Å²) >= 11 is 0. The molecule has 10 heteroatoms. The molecule has 4 rings (SSSR count). The zero-order valence-electron chi connectivity index (χ0n) is 17.4. The number of carbonyl (C=O) groups is 1. The lowest BCUT2D eigenvalue weighted by Gasteiger charge is -2.10. The molecule has 0 radical (unpaired) electrons. The van der Waals surface area contributed by atoms with Crippen LogP contribution in [-0.4, -0.2) is 49.0 Å². The van der Waals surface area contributed by atoms with Crippen LogP contribution in [0.25, 0.3) is 16.9 Å². The Morgan fingerprint density at radius 1 is 1.09 bits per heavy atom. The van der Waals surface area contributed by atoms with Crippen molar-refractivity contribution >= 4 is 5.91 Å². The predicted molar refractivity (Wildman–Crippen MR) is 117 cm³/mol. The van der Waals surface area contributed by atoms with Crippen molar-refractivity contribution in [2.24, 2.45) is 0 Å². The van der Waals surface area contributed by atoms with Crippen molar-refractivity contribution < 1.29 is 9.53 Å². The third kappa shape index (κ3) is 4.86. The Kier molecular flexibility index (Phi) is 6.30. The number of aromatic nitrogens is 6. The first-order valence-corrected chi connectivity index (χ1v) is 10.1. The molecule has 2 aromatic carbocycles. The molecule has 1 amide bonds. The van der Waals surface area contributed by atoms with Crippen molar-refractivity contribution in [3.8, 4) is 22.7 Å². The second kappa shape index (κ2) is 9.65. The number of nitrogens with one attached hydrogen (secondary N) is 1. The van der Waals surface area contributed by atoms with Crippen LogP contribution in [0.4, 0.5) is 0 Å². The number of nitrogens with zero attached hydrogens (tertiary/aromatic N) is 6. The number of carbonyl (C=O) groups excluding carboxylic acids is 1. The lowest BCUT2D eigenvalue weighted by molar-refractivity contribution is 0.0951. The predicted octanol–water partition coefficient (Wildman–Crippen LogP) is 1.71. The van der Waals surface area contributed by atoms with Gasteiger partial charge in [-0.2, -0.15) is 5.10 Å². The van der Waals surface area contributed by atoms with E-state index >= 15 is 0 Å². The van der Waals surface area contributed by atoms with E-state index in [9.17, 15) is 9.59 Å². The van der Waals surface area contributed by atoms with Gasteiger partial charge in [-0.1, -0.05) is 6.07 Å². The molecule has 4 aromatic rings. The van der Waals surface area contributed by atoms with Gasteiger partial charge in [0, 0.05) is 23.7 Å². The van der Waals surface area contributed by atoms with Crippen molar-refractivity contribution in [3.05, 3.63) is 82.9 Å². The lowest BCUT2D eigenvalue weighted by atomic mass is 10.1. The Hall–Kier alpha value is -4.34. The Morgan fingerprint density at radius 3 is 2.69 bits per heavy atom. The fraction of sp³-hybridized carbons (Fsp3) is 0.182. The maximum absolute atomic E-state index is 12.5. The largest absolute Gasteiger partial charge is 0.494 e. The van der Waals surface area contributed by atoms with Crippen LogP contribution in [0.15, 0.2) is 71.8 Å². The van der Waals surface area contributed by atoms with Gasteiger partial charge in [-0.25, -0.2) is 9.36 Å². The summed E-state index contributed by atoms with van der Waals surface area (Å²) in [4.78, 5) is 24.7. The van der Waals surface area contributed by atoms with Gasteiger partial charge in [-0.05, 0) is 65.9 Å². The molecule has 0 bridgehead atoms. The van der Waals surface area contributed by atoms with Gasteiger partial charge in [-0.15, -0.1) is 5.10 Å². The summed E-state index contributed by atoms with van der Waals surface area (Å²) in [6.07, 6.45) is 1.45. The van der Waals surface area contributed by atoms with E-state index in [2.05, 4.69) is 25.9 Å². The van der Waals surface area contributed by atoms with Crippen LogP contribution in [0.2, 0.25) is 0 Å². The van der Waals surface area contributed by atoms with Gasteiger partial charge < -0.3 is 10.1 Å². The molecule has 1 N–H and O–H groups in total. The summed E-state index contributed by atoms with van der Waals surface area (Å²) < 4.78 is 8.25. The van der Waals surface area contributed by atoms with E-state index in [-0.39, 0.29) is 24.6 Å². The zero-order valence-corrected chi connectivity index (χ0v) is 17.4. The number of rotatable bonds is 8. The number of ether oxygens (including phenoxy) is 1. The van der Waals surface area contributed by atoms with E-state index in [4.69, 9.17) is 4.74 Å². The molecule has 0 aliphatic rings. The molecule has 0 saturated carbocycles. The summed E-state index contributed by atoms with van der Waals surface area (Å²) in [5.41, 5.74) is 2.42. The minimum Gasteiger partial charge on any atom is -0.494 e. The molecule has 0 unspecified atom stereocenters. The standard InChI is InChI=1S/C22H21N7O3/c1-2-32-19-8-6-16(7-9-19)20-10-11-21(30)28(25-20)13-12-23-22(31)17-4-3-5-18(14-17)29-15-24-26-27-29/h3-11,14-15H,2,12-13H2,1H3,(H,23,31). The van der Waals surface area contributed by atoms with Gasteiger partial charge in [0.25, 0.3) is 11.5 Å². The highest BCUT2D eigenvalue weighted by molar-refractivity contribution is 5.94. The summed E-state index contributed by atoms with van der Waals surface area (Å²) in [5.74, 6) is 0.507. The summed E-state index contributed by atoms with van der Waals surface area (Å²) in [7, 11) is 0. The number of amides is 1. The second-order valence-corrected chi connectivity index (χ2v) is 6.80. The summed E-state index contributed by atoms with van der Waals surface area (Å²) in [6, 6.07) is 17.6. The maximum atomic E-state index is 12.5. The number of hydrogen-bond donors (Lipinski definition) is 1. The van der Waals surface area contributed by atoms with E-state index in [0.717, 1.165) is 11.3 Å². The molecule has 0 fully saturated rings. The molecule has 0 saturated heterocycles. The monoisotopic (exact) mass is 431 g/mol. The fourth-order valence-corrected chi connectivity index (χ4v) is 3.10. The van der Waals surface area contributed by atoms with E-state index in [1.807, 2.05) is 31.2 Å². The highest BCUT2D eigenvalue weighted by Gasteiger charge is 2.09. The molecule has 0 spiro atoms. The number of benzene rings is 2. The van der Waals surface area contributed by atoms with Crippen LogP contribution in [0.5, 0.6) is 5.75 Å².